The van der Waals surface area contributed by atoms with E-state index < -0.39 is 0 Å². The lowest BCUT2D eigenvalue weighted by atomic mass is 10.1. The van der Waals surface area contributed by atoms with Crippen LogP contribution in [0.25, 0.3) is 10.9 Å². The summed E-state index contributed by atoms with van der Waals surface area (Å²) in [5, 5.41) is 4.64. The first-order chi connectivity index (χ1) is 9.74. The van der Waals surface area contributed by atoms with Gasteiger partial charge in [0.1, 0.15) is 5.82 Å². The minimum absolute atomic E-state index is 0.186. The van der Waals surface area contributed by atoms with Gasteiger partial charge in [-0.05, 0) is 29.3 Å². The van der Waals surface area contributed by atoms with Gasteiger partial charge in [-0.15, -0.1) is 0 Å². The molecule has 0 spiro atoms. The van der Waals surface area contributed by atoms with E-state index in [0.29, 0.717) is 6.54 Å². The third-order valence-corrected chi connectivity index (χ3v) is 3.51. The van der Waals surface area contributed by atoms with Crippen LogP contribution < -0.4 is 5.32 Å². The maximum atomic E-state index is 13.1. The van der Waals surface area contributed by atoms with Crippen LogP contribution >= 0.6 is 0 Å². The zero-order valence-corrected chi connectivity index (χ0v) is 11.4. The Balaban J connectivity index is 1.71. The summed E-state index contributed by atoms with van der Waals surface area (Å²) in [5.74, 6) is -0.186. The first kappa shape index (κ1) is 12.9. The summed E-state index contributed by atoms with van der Waals surface area (Å²) >= 11 is 0. The number of halogens is 1. The molecule has 0 aliphatic heterocycles. The molecule has 0 atom stereocenters. The molecule has 2 nitrogen and oxygen atoms in total. The summed E-state index contributed by atoms with van der Waals surface area (Å²) in [7, 11) is 2.05. The SMILES string of the molecule is Cn1cc(CNCc2cccc(F)c2)c2ccccc21. The maximum Gasteiger partial charge on any atom is 0.123 e. The van der Waals surface area contributed by atoms with Crippen molar-refractivity contribution in [2.75, 3.05) is 0 Å². The molecular weight excluding hydrogens is 251 g/mol. The Morgan fingerprint density at radius 2 is 1.90 bits per heavy atom. The van der Waals surface area contributed by atoms with Gasteiger partial charge in [0.15, 0.2) is 0 Å². The highest BCUT2D eigenvalue weighted by Gasteiger charge is 2.05. The van der Waals surface area contributed by atoms with Crippen LogP contribution in [0.3, 0.4) is 0 Å². The van der Waals surface area contributed by atoms with Crippen molar-refractivity contribution in [1.29, 1.82) is 0 Å². The first-order valence-corrected chi connectivity index (χ1v) is 6.72. The van der Waals surface area contributed by atoms with Crippen LogP contribution in [0, 0.1) is 5.82 Å². The van der Waals surface area contributed by atoms with Gasteiger partial charge in [-0.1, -0.05) is 30.3 Å². The molecule has 3 aromatic rings. The average Bonchev–Trinajstić information content (AvgIpc) is 2.77. The molecule has 0 saturated carbocycles. The first-order valence-electron chi connectivity index (χ1n) is 6.72. The van der Waals surface area contributed by atoms with Crippen molar-refractivity contribution in [3.05, 3.63) is 71.7 Å². The van der Waals surface area contributed by atoms with Crippen LogP contribution in [0.15, 0.2) is 54.7 Å². The average molecular weight is 268 g/mol. The largest absolute Gasteiger partial charge is 0.350 e. The van der Waals surface area contributed by atoms with Crippen LogP contribution in [0.2, 0.25) is 0 Å². The van der Waals surface area contributed by atoms with Crippen molar-refractivity contribution >= 4 is 10.9 Å². The summed E-state index contributed by atoms with van der Waals surface area (Å²) in [5.41, 5.74) is 3.46. The second-order valence-corrected chi connectivity index (χ2v) is 5.02. The minimum Gasteiger partial charge on any atom is -0.350 e. The van der Waals surface area contributed by atoms with E-state index in [0.717, 1.165) is 12.1 Å². The van der Waals surface area contributed by atoms with Gasteiger partial charge in [-0.2, -0.15) is 0 Å². The summed E-state index contributed by atoms with van der Waals surface area (Å²) in [4.78, 5) is 0. The third kappa shape index (κ3) is 2.58. The Bertz CT molecular complexity index is 731. The van der Waals surface area contributed by atoms with Gasteiger partial charge in [0.05, 0.1) is 0 Å². The number of hydrogen-bond donors (Lipinski definition) is 1. The summed E-state index contributed by atoms with van der Waals surface area (Å²) in [6, 6.07) is 15.1. The molecule has 2 aromatic carbocycles. The van der Waals surface area contributed by atoms with Crippen molar-refractivity contribution in [3.8, 4) is 0 Å². The van der Waals surface area contributed by atoms with Crippen LogP contribution in [0.1, 0.15) is 11.1 Å². The maximum absolute atomic E-state index is 13.1. The lowest BCUT2D eigenvalue weighted by Crippen LogP contribution is -2.12. The van der Waals surface area contributed by atoms with Crippen molar-refractivity contribution in [1.82, 2.24) is 9.88 Å². The van der Waals surface area contributed by atoms with E-state index in [-0.39, 0.29) is 5.82 Å². The minimum atomic E-state index is -0.186. The van der Waals surface area contributed by atoms with E-state index in [4.69, 9.17) is 0 Å². The lowest BCUT2D eigenvalue weighted by Gasteiger charge is -2.04. The number of fused-ring (bicyclic) bond motifs is 1. The van der Waals surface area contributed by atoms with Crippen LogP contribution in [0.5, 0.6) is 0 Å². The summed E-state index contributed by atoms with van der Waals surface area (Å²) in [6.07, 6.45) is 2.14. The Morgan fingerprint density at radius 1 is 1.05 bits per heavy atom. The highest BCUT2D eigenvalue weighted by Crippen LogP contribution is 2.20. The second-order valence-electron chi connectivity index (χ2n) is 5.02. The zero-order chi connectivity index (χ0) is 13.9. The molecule has 1 aromatic heterocycles. The molecule has 1 heterocycles. The monoisotopic (exact) mass is 268 g/mol. The molecule has 20 heavy (non-hydrogen) atoms. The third-order valence-electron chi connectivity index (χ3n) is 3.51. The van der Waals surface area contributed by atoms with Crippen LogP contribution in [-0.2, 0) is 20.1 Å². The fourth-order valence-corrected chi connectivity index (χ4v) is 2.55. The van der Waals surface area contributed by atoms with Gasteiger partial charge >= 0.3 is 0 Å². The van der Waals surface area contributed by atoms with Crippen molar-refractivity contribution in [2.45, 2.75) is 13.1 Å². The number of aromatic nitrogens is 1. The Labute approximate surface area is 117 Å². The standard InChI is InChI=1S/C17H17FN2/c1-20-12-14(16-7-2-3-8-17(16)20)11-19-10-13-5-4-6-15(18)9-13/h2-9,12,19H,10-11H2,1H3. The Morgan fingerprint density at radius 3 is 2.75 bits per heavy atom. The molecule has 0 aliphatic carbocycles. The molecule has 0 radical (unpaired) electrons. The van der Waals surface area contributed by atoms with Gasteiger partial charge in [0.25, 0.3) is 0 Å². The smallest absolute Gasteiger partial charge is 0.123 e. The molecule has 0 saturated heterocycles. The van der Waals surface area contributed by atoms with Gasteiger partial charge in [0, 0.05) is 37.2 Å². The van der Waals surface area contributed by atoms with Gasteiger partial charge in [-0.3, -0.25) is 0 Å². The van der Waals surface area contributed by atoms with Gasteiger partial charge in [-0.25, -0.2) is 4.39 Å². The molecule has 0 aliphatic rings. The van der Waals surface area contributed by atoms with E-state index in [1.807, 2.05) is 12.1 Å². The summed E-state index contributed by atoms with van der Waals surface area (Å²) in [6.45, 7) is 1.44. The van der Waals surface area contributed by atoms with E-state index in [2.05, 4.69) is 41.3 Å². The zero-order valence-electron chi connectivity index (χ0n) is 11.4. The van der Waals surface area contributed by atoms with E-state index in [9.17, 15) is 4.39 Å². The molecule has 0 fully saturated rings. The molecule has 102 valence electrons. The number of para-hydroxylation sites is 1. The second kappa shape index (κ2) is 5.47. The van der Waals surface area contributed by atoms with Crippen molar-refractivity contribution in [2.24, 2.45) is 7.05 Å². The molecule has 3 rings (SSSR count). The van der Waals surface area contributed by atoms with Crippen molar-refractivity contribution < 1.29 is 4.39 Å². The molecule has 0 bridgehead atoms. The van der Waals surface area contributed by atoms with E-state index in [1.165, 1.54) is 22.5 Å². The number of rotatable bonds is 4. The van der Waals surface area contributed by atoms with Crippen molar-refractivity contribution in [3.63, 3.8) is 0 Å². The molecular formula is C17H17FN2. The number of hydrogen-bond acceptors (Lipinski definition) is 1. The van der Waals surface area contributed by atoms with Gasteiger partial charge < -0.3 is 9.88 Å². The predicted molar refractivity (Wildman–Crippen MR) is 79.9 cm³/mol. The number of nitrogens with zero attached hydrogens (tertiary/aromatic N) is 1. The fourth-order valence-electron chi connectivity index (χ4n) is 2.55. The van der Waals surface area contributed by atoms with E-state index >= 15 is 0 Å². The normalized spacial score (nSPS) is 11.1. The van der Waals surface area contributed by atoms with Gasteiger partial charge in [0.2, 0.25) is 0 Å². The molecule has 1 N–H and O–H groups in total. The fraction of sp³-hybridized carbons (Fsp3) is 0.176. The quantitative estimate of drug-likeness (QED) is 0.765. The predicted octanol–water partition coefficient (Wildman–Crippen LogP) is 3.61. The Kier molecular flexibility index (Phi) is 3.52. The lowest BCUT2D eigenvalue weighted by molar-refractivity contribution is 0.620. The topological polar surface area (TPSA) is 17.0 Å². The molecule has 0 unspecified atom stereocenters. The molecule has 3 heteroatoms. The highest BCUT2D eigenvalue weighted by atomic mass is 19.1. The van der Waals surface area contributed by atoms with Crippen LogP contribution in [0.4, 0.5) is 4.39 Å². The number of aryl methyl sites for hydroxylation is 1. The van der Waals surface area contributed by atoms with E-state index in [1.54, 1.807) is 12.1 Å². The molecule has 0 amide bonds. The van der Waals surface area contributed by atoms with Crippen LogP contribution in [-0.4, -0.2) is 4.57 Å². The number of nitrogens with one attached hydrogen (secondary N) is 1. The Hall–Kier alpha value is -2.13. The highest BCUT2D eigenvalue weighted by molar-refractivity contribution is 5.83. The number of benzene rings is 2. The summed E-state index contributed by atoms with van der Waals surface area (Å²) < 4.78 is 15.2.